The van der Waals surface area contributed by atoms with Gasteiger partial charge in [0, 0.05) is 5.69 Å². The summed E-state index contributed by atoms with van der Waals surface area (Å²) in [5.41, 5.74) is 11.8. The Bertz CT molecular complexity index is 486. The summed E-state index contributed by atoms with van der Waals surface area (Å²) in [6.07, 6.45) is 0.949. The van der Waals surface area contributed by atoms with E-state index in [-0.39, 0.29) is 0 Å². The number of rotatable bonds is 2. The summed E-state index contributed by atoms with van der Waals surface area (Å²) in [5.74, 6) is 0. The fourth-order valence-corrected chi connectivity index (χ4v) is 1.85. The van der Waals surface area contributed by atoms with Gasteiger partial charge < -0.3 is 5.73 Å². The van der Waals surface area contributed by atoms with Gasteiger partial charge in [0.1, 0.15) is 0 Å². The summed E-state index contributed by atoms with van der Waals surface area (Å²) in [7, 11) is 0. The summed E-state index contributed by atoms with van der Waals surface area (Å²) < 4.78 is 0. The van der Waals surface area contributed by atoms with Crippen molar-refractivity contribution in [2.45, 2.75) is 20.3 Å². The summed E-state index contributed by atoms with van der Waals surface area (Å²) in [6, 6.07) is 15.4. The quantitative estimate of drug-likeness (QED) is 0.756. The standard InChI is InChI=1S/C15H16N/c1-11-9-15(16)12(2)8-14(11)10-13-6-4-3-5-7-13/h3-4,6-9H,10,16H2,1-2H3. The Labute approximate surface area is 96.9 Å². The molecule has 0 heterocycles. The van der Waals surface area contributed by atoms with Crippen LogP contribution in [0.4, 0.5) is 5.69 Å². The number of nitrogen functional groups attached to an aromatic ring is 1. The maximum absolute atomic E-state index is 5.88. The molecule has 2 aromatic carbocycles. The molecular formula is C15H16N. The third-order valence-electron chi connectivity index (χ3n) is 2.89. The topological polar surface area (TPSA) is 26.0 Å². The van der Waals surface area contributed by atoms with Gasteiger partial charge in [-0.1, -0.05) is 30.3 Å². The Balaban J connectivity index is 2.32. The molecule has 0 saturated carbocycles. The average Bonchev–Trinajstić information content (AvgIpc) is 2.27. The van der Waals surface area contributed by atoms with Crippen molar-refractivity contribution in [2.75, 3.05) is 5.73 Å². The molecule has 0 aromatic heterocycles. The van der Waals surface area contributed by atoms with Gasteiger partial charge >= 0.3 is 0 Å². The summed E-state index contributed by atoms with van der Waals surface area (Å²) in [5, 5.41) is 0. The van der Waals surface area contributed by atoms with Crippen LogP contribution in [-0.2, 0) is 6.42 Å². The largest absolute Gasteiger partial charge is 0.399 e. The van der Waals surface area contributed by atoms with Crippen molar-refractivity contribution in [1.82, 2.24) is 0 Å². The van der Waals surface area contributed by atoms with Gasteiger partial charge in [-0.3, -0.25) is 0 Å². The van der Waals surface area contributed by atoms with Crippen molar-refractivity contribution >= 4 is 5.69 Å². The Morgan fingerprint density at radius 3 is 2.69 bits per heavy atom. The molecule has 2 rings (SSSR count). The molecule has 0 unspecified atom stereocenters. The van der Waals surface area contributed by atoms with Crippen LogP contribution in [0.5, 0.6) is 0 Å². The summed E-state index contributed by atoms with van der Waals surface area (Å²) >= 11 is 0. The van der Waals surface area contributed by atoms with E-state index in [0.29, 0.717) is 0 Å². The molecule has 0 aliphatic rings. The van der Waals surface area contributed by atoms with Crippen LogP contribution in [0.3, 0.4) is 0 Å². The molecule has 1 radical (unpaired) electrons. The van der Waals surface area contributed by atoms with Crippen molar-refractivity contribution < 1.29 is 0 Å². The number of benzene rings is 2. The van der Waals surface area contributed by atoms with Crippen LogP contribution in [-0.4, -0.2) is 0 Å². The van der Waals surface area contributed by atoms with Crippen LogP contribution in [0.15, 0.2) is 36.4 Å². The minimum atomic E-state index is 0.876. The van der Waals surface area contributed by atoms with Gasteiger partial charge in [-0.05, 0) is 54.7 Å². The molecule has 0 amide bonds. The van der Waals surface area contributed by atoms with Gasteiger partial charge in [-0.15, -0.1) is 0 Å². The first-order valence-electron chi connectivity index (χ1n) is 5.47. The minimum absolute atomic E-state index is 0.876. The highest BCUT2D eigenvalue weighted by atomic mass is 14.6. The maximum Gasteiger partial charge on any atom is 0.0346 e. The predicted octanol–water partition coefficient (Wildman–Crippen LogP) is 3.28. The van der Waals surface area contributed by atoms with Crippen molar-refractivity contribution in [3.05, 3.63) is 64.7 Å². The zero-order chi connectivity index (χ0) is 11.5. The zero-order valence-corrected chi connectivity index (χ0v) is 9.75. The van der Waals surface area contributed by atoms with Crippen LogP contribution >= 0.6 is 0 Å². The number of hydrogen-bond acceptors (Lipinski definition) is 1. The second-order valence-corrected chi connectivity index (χ2v) is 4.22. The van der Waals surface area contributed by atoms with Crippen molar-refractivity contribution in [2.24, 2.45) is 0 Å². The van der Waals surface area contributed by atoms with E-state index in [2.05, 4.69) is 38.1 Å². The summed E-state index contributed by atoms with van der Waals surface area (Å²) in [4.78, 5) is 0. The van der Waals surface area contributed by atoms with Crippen LogP contribution in [0.1, 0.15) is 22.3 Å². The predicted molar refractivity (Wildman–Crippen MR) is 68.4 cm³/mol. The first-order chi connectivity index (χ1) is 7.66. The first-order valence-corrected chi connectivity index (χ1v) is 5.47. The van der Waals surface area contributed by atoms with Gasteiger partial charge in [-0.2, -0.15) is 0 Å². The van der Waals surface area contributed by atoms with Crippen molar-refractivity contribution in [1.29, 1.82) is 0 Å². The molecule has 0 aliphatic carbocycles. The summed E-state index contributed by atoms with van der Waals surface area (Å²) in [6.45, 7) is 4.16. The smallest absolute Gasteiger partial charge is 0.0346 e. The van der Waals surface area contributed by atoms with E-state index in [1.807, 2.05) is 18.2 Å². The number of aryl methyl sites for hydroxylation is 2. The van der Waals surface area contributed by atoms with E-state index < -0.39 is 0 Å². The van der Waals surface area contributed by atoms with Gasteiger partial charge in [-0.25, -0.2) is 0 Å². The van der Waals surface area contributed by atoms with E-state index in [0.717, 1.165) is 17.7 Å². The van der Waals surface area contributed by atoms with Crippen LogP contribution < -0.4 is 5.73 Å². The number of hydrogen-bond donors (Lipinski definition) is 1. The molecular weight excluding hydrogens is 194 g/mol. The lowest BCUT2D eigenvalue weighted by Gasteiger charge is -2.09. The monoisotopic (exact) mass is 210 g/mol. The van der Waals surface area contributed by atoms with Gasteiger partial charge in [0.2, 0.25) is 0 Å². The highest BCUT2D eigenvalue weighted by Gasteiger charge is 2.03. The highest BCUT2D eigenvalue weighted by Crippen LogP contribution is 2.20. The molecule has 16 heavy (non-hydrogen) atoms. The second-order valence-electron chi connectivity index (χ2n) is 4.22. The third kappa shape index (κ3) is 2.25. The van der Waals surface area contributed by atoms with Gasteiger partial charge in [0.05, 0.1) is 0 Å². The normalized spacial score (nSPS) is 10.4. The molecule has 0 aliphatic heterocycles. The Morgan fingerprint density at radius 1 is 1.19 bits per heavy atom. The van der Waals surface area contributed by atoms with E-state index in [1.165, 1.54) is 16.7 Å². The molecule has 0 saturated heterocycles. The molecule has 81 valence electrons. The second kappa shape index (κ2) is 4.40. The first kappa shape index (κ1) is 10.7. The number of anilines is 1. The maximum atomic E-state index is 5.88. The molecule has 0 spiro atoms. The number of nitrogens with two attached hydrogens (primary N) is 1. The molecule has 0 fully saturated rings. The van der Waals surface area contributed by atoms with Crippen LogP contribution in [0.2, 0.25) is 0 Å². The van der Waals surface area contributed by atoms with E-state index in [4.69, 9.17) is 5.73 Å². The molecule has 2 N–H and O–H groups in total. The minimum Gasteiger partial charge on any atom is -0.399 e. The average molecular weight is 210 g/mol. The van der Waals surface area contributed by atoms with Gasteiger partial charge in [0.15, 0.2) is 0 Å². The van der Waals surface area contributed by atoms with E-state index in [9.17, 15) is 0 Å². The van der Waals surface area contributed by atoms with Gasteiger partial charge in [0.25, 0.3) is 0 Å². The Kier molecular flexibility index (Phi) is 2.95. The lowest BCUT2D eigenvalue weighted by Crippen LogP contribution is -1.97. The fraction of sp³-hybridized carbons (Fsp3) is 0.200. The molecule has 1 heteroatoms. The van der Waals surface area contributed by atoms with Crippen LogP contribution in [0.25, 0.3) is 0 Å². The highest BCUT2D eigenvalue weighted by molar-refractivity contribution is 5.52. The lowest BCUT2D eigenvalue weighted by molar-refractivity contribution is 1.15. The molecule has 2 aromatic rings. The lowest BCUT2D eigenvalue weighted by atomic mass is 9.98. The molecule has 0 atom stereocenters. The molecule has 0 bridgehead atoms. The fourth-order valence-electron chi connectivity index (χ4n) is 1.85. The Hall–Kier alpha value is -1.76. The SMILES string of the molecule is Cc1cc(Cc2c[c]ccc2)c(C)cc1N. The van der Waals surface area contributed by atoms with Crippen LogP contribution in [0, 0.1) is 19.9 Å². The molecule has 1 nitrogen and oxygen atoms in total. The van der Waals surface area contributed by atoms with Crippen molar-refractivity contribution in [3.8, 4) is 0 Å². The third-order valence-corrected chi connectivity index (χ3v) is 2.89. The zero-order valence-electron chi connectivity index (χ0n) is 9.75. The Morgan fingerprint density at radius 2 is 2.00 bits per heavy atom. The van der Waals surface area contributed by atoms with Crippen molar-refractivity contribution in [3.63, 3.8) is 0 Å². The van der Waals surface area contributed by atoms with E-state index >= 15 is 0 Å². The van der Waals surface area contributed by atoms with E-state index in [1.54, 1.807) is 0 Å².